The molecule has 1 saturated heterocycles. The molecule has 1 aromatic rings. The molecule has 24 heavy (non-hydrogen) atoms. The number of methoxy groups -OCH3 is 1. The van der Waals surface area contributed by atoms with E-state index in [2.05, 4.69) is 17.2 Å². The first-order chi connectivity index (χ1) is 11.2. The Morgan fingerprint density at radius 2 is 2.29 bits per heavy atom. The van der Waals surface area contributed by atoms with E-state index in [-0.39, 0.29) is 18.3 Å². The highest BCUT2D eigenvalue weighted by Gasteiger charge is 2.14. The van der Waals surface area contributed by atoms with E-state index in [4.69, 9.17) is 9.47 Å². The van der Waals surface area contributed by atoms with Gasteiger partial charge in [0.2, 0.25) is 0 Å². The molecule has 5 nitrogen and oxygen atoms in total. The second-order valence-electron chi connectivity index (χ2n) is 5.72. The average Bonchev–Trinajstić information content (AvgIpc) is 2.60. The molecule has 2 N–H and O–H groups in total. The van der Waals surface area contributed by atoms with Crippen LogP contribution in [0.25, 0.3) is 0 Å². The molecule has 2 rings (SSSR count). The number of carbonyl (C=O) groups excluding carboxylic acids is 1. The summed E-state index contributed by atoms with van der Waals surface area (Å²) in [7, 11) is 1.56. The lowest BCUT2D eigenvalue weighted by molar-refractivity contribution is 0.0950. The normalized spacial score (nSPS) is 16.6. The zero-order valence-electron chi connectivity index (χ0n) is 14.2. The monoisotopic (exact) mass is 354 g/mol. The average molecular weight is 355 g/mol. The molecule has 0 bridgehead atoms. The third kappa shape index (κ3) is 6.06. The van der Waals surface area contributed by atoms with Crippen molar-refractivity contribution in [3.63, 3.8) is 0 Å². The molecule has 1 aliphatic rings. The lowest BCUT2D eigenvalue weighted by atomic mass is 9.96. The summed E-state index contributed by atoms with van der Waals surface area (Å²) in [5, 5.41) is 6.37. The third-order valence-electron chi connectivity index (χ3n) is 4.02. The summed E-state index contributed by atoms with van der Waals surface area (Å²) in [5.74, 6) is 1.74. The summed E-state index contributed by atoms with van der Waals surface area (Å²) < 4.78 is 10.8. The number of nitrogens with one attached hydrogen (secondary N) is 2. The molecule has 1 aliphatic heterocycles. The first-order valence-electron chi connectivity index (χ1n) is 8.15. The Hall–Kier alpha value is -1.72. The van der Waals surface area contributed by atoms with Crippen LogP contribution < -0.4 is 20.1 Å². The highest BCUT2D eigenvalue weighted by Crippen LogP contribution is 2.28. The van der Waals surface area contributed by atoms with Gasteiger partial charge in [0.1, 0.15) is 6.61 Å². The number of benzene rings is 1. The van der Waals surface area contributed by atoms with Crippen LogP contribution in [0.2, 0.25) is 0 Å². The van der Waals surface area contributed by atoms with E-state index < -0.39 is 0 Å². The Morgan fingerprint density at radius 3 is 2.96 bits per heavy atom. The SMILES string of the molecule is C=CCOc1ccc(C(=O)NCCC2CCCNC2)cc1OC.Cl. The lowest BCUT2D eigenvalue weighted by Crippen LogP contribution is -2.33. The standard InChI is InChI=1S/C18H26N2O3.ClH/c1-3-11-23-16-7-6-15(12-17(16)22-2)18(21)20-10-8-14-5-4-9-19-13-14;/h3,6-7,12,14,19H,1,4-5,8-11,13H2,2H3,(H,20,21);1H. The van der Waals surface area contributed by atoms with Gasteiger partial charge in [-0.2, -0.15) is 0 Å². The molecule has 1 heterocycles. The van der Waals surface area contributed by atoms with Crippen molar-refractivity contribution in [3.05, 3.63) is 36.4 Å². The molecular formula is C18H27ClN2O3. The molecule has 1 amide bonds. The van der Waals surface area contributed by atoms with Gasteiger partial charge in [-0.05, 0) is 56.5 Å². The number of carbonyl (C=O) groups is 1. The van der Waals surface area contributed by atoms with Crippen molar-refractivity contribution in [1.29, 1.82) is 0 Å². The van der Waals surface area contributed by atoms with Crippen LogP contribution in [0.15, 0.2) is 30.9 Å². The Bertz CT molecular complexity index is 531. The van der Waals surface area contributed by atoms with Gasteiger partial charge in [-0.15, -0.1) is 12.4 Å². The fourth-order valence-corrected chi connectivity index (χ4v) is 2.74. The van der Waals surface area contributed by atoms with Gasteiger partial charge in [0.25, 0.3) is 5.91 Å². The van der Waals surface area contributed by atoms with Gasteiger partial charge in [0, 0.05) is 12.1 Å². The summed E-state index contributed by atoms with van der Waals surface area (Å²) in [6.07, 6.45) is 5.14. The minimum Gasteiger partial charge on any atom is -0.493 e. The molecule has 1 atom stereocenters. The summed E-state index contributed by atoms with van der Waals surface area (Å²) in [6, 6.07) is 5.21. The quantitative estimate of drug-likeness (QED) is 0.705. The van der Waals surface area contributed by atoms with Crippen molar-refractivity contribution >= 4 is 18.3 Å². The molecule has 1 aromatic carbocycles. The number of ether oxygens (including phenoxy) is 2. The summed E-state index contributed by atoms with van der Waals surface area (Å²) in [5.41, 5.74) is 0.578. The number of piperidine rings is 1. The van der Waals surface area contributed by atoms with Gasteiger partial charge in [0.15, 0.2) is 11.5 Å². The van der Waals surface area contributed by atoms with Crippen LogP contribution >= 0.6 is 12.4 Å². The highest BCUT2D eigenvalue weighted by molar-refractivity contribution is 5.94. The fraction of sp³-hybridized carbons (Fsp3) is 0.500. The van der Waals surface area contributed by atoms with Crippen molar-refractivity contribution in [2.75, 3.05) is 33.4 Å². The Kier molecular flexibility index (Phi) is 9.27. The summed E-state index contributed by atoms with van der Waals surface area (Å²) in [6.45, 7) is 6.88. The highest BCUT2D eigenvalue weighted by atomic mass is 35.5. The van der Waals surface area contributed by atoms with Crippen LogP contribution in [0.1, 0.15) is 29.6 Å². The maximum atomic E-state index is 12.2. The molecular weight excluding hydrogens is 328 g/mol. The van der Waals surface area contributed by atoms with E-state index in [9.17, 15) is 4.79 Å². The number of amides is 1. The molecule has 0 radical (unpaired) electrons. The van der Waals surface area contributed by atoms with Crippen LogP contribution in [0.4, 0.5) is 0 Å². The van der Waals surface area contributed by atoms with E-state index >= 15 is 0 Å². The van der Waals surface area contributed by atoms with Crippen molar-refractivity contribution in [2.24, 2.45) is 5.92 Å². The van der Waals surface area contributed by atoms with Gasteiger partial charge in [0.05, 0.1) is 7.11 Å². The fourth-order valence-electron chi connectivity index (χ4n) is 2.74. The smallest absolute Gasteiger partial charge is 0.251 e. The summed E-state index contributed by atoms with van der Waals surface area (Å²) in [4.78, 5) is 12.2. The minimum absolute atomic E-state index is 0. The van der Waals surface area contributed by atoms with Gasteiger partial charge in [-0.3, -0.25) is 4.79 Å². The Balaban J connectivity index is 0.00000288. The van der Waals surface area contributed by atoms with Crippen molar-refractivity contribution in [1.82, 2.24) is 10.6 Å². The third-order valence-corrected chi connectivity index (χ3v) is 4.02. The van der Waals surface area contributed by atoms with Crippen LogP contribution in [0.3, 0.4) is 0 Å². The molecule has 0 saturated carbocycles. The first-order valence-corrected chi connectivity index (χ1v) is 8.15. The van der Waals surface area contributed by atoms with Crippen molar-refractivity contribution in [2.45, 2.75) is 19.3 Å². The van der Waals surface area contributed by atoms with Crippen LogP contribution in [-0.2, 0) is 0 Å². The Labute approximate surface area is 150 Å². The molecule has 1 fully saturated rings. The molecule has 6 heteroatoms. The maximum Gasteiger partial charge on any atom is 0.251 e. The topological polar surface area (TPSA) is 59.6 Å². The molecule has 0 aliphatic carbocycles. The molecule has 0 aromatic heterocycles. The Morgan fingerprint density at radius 1 is 1.46 bits per heavy atom. The van der Waals surface area contributed by atoms with Gasteiger partial charge >= 0.3 is 0 Å². The molecule has 1 unspecified atom stereocenters. The zero-order valence-corrected chi connectivity index (χ0v) is 15.0. The van der Waals surface area contributed by atoms with Crippen molar-refractivity contribution < 1.29 is 14.3 Å². The van der Waals surface area contributed by atoms with Crippen LogP contribution in [0.5, 0.6) is 11.5 Å². The number of hydrogen-bond donors (Lipinski definition) is 2. The second kappa shape index (κ2) is 10.9. The van der Waals surface area contributed by atoms with E-state index in [0.717, 1.165) is 19.5 Å². The largest absolute Gasteiger partial charge is 0.493 e. The van der Waals surface area contributed by atoms with E-state index in [0.29, 0.717) is 36.1 Å². The van der Waals surface area contributed by atoms with Gasteiger partial charge < -0.3 is 20.1 Å². The number of halogens is 1. The van der Waals surface area contributed by atoms with E-state index in [1.165, 1.54) is 12.8 Å². The van der Waals surface area contributed by atoms with Gasteiger partial charge in [-0.25, -0.2) is 0 Å². The first kappa shape index (κ1) is 20.3. The van der Waals surface area contributed by atoms with E-state index in [1.807, 2.05) is 0 Å². The predicted molar refractivity (Wildman–Crippen MR) is 98.5 cm³/mol. The predicted octanol–water partition coefficient (Wildman–Crippen LogP) is 2.80. The van der Waals surface area contributed by atoms with Crippen LogP contribution in [-0.4, -0.2) is 39.3 Å². The summed E-state index contributed by atoms with van der Waals surface area (Å²) >= 11 is 0. The maximum absolute atomic E-state index is 12.2. The zero-order chi connectivity index (χ0) is 16.5. The minimum atomic E-state index is -0.0812. The molecule has 134 valence electrons. The molecule has 0 spiro atoms. The number of rotatable bonds is 8. The lowest BCUT2D eigenvalue weighted by Gasteiger charge is -2.22. The van der Waals surface area contributed by atoms with Crippen molar-refractivity contribution in [3.8, 4) is 11.5 Å². The number of hydrogen-bond acceptors (Lipinski definition) is 4. The van der Waals surface area contributed by atoms with E-state index in [1.54, 1.807) is 31.4 Å². The van der Waals surface area contributed by atoms with Crippen LogP contribution in [0, 0.1) is 5.92 Å². The second-order valence-corrected chi connectivity index (χ2v) is 5.72. The van der Waals surface area contributed by atoms with Gasteiger partial charge in [-0.1, -0.05) is 12.7 Å².